The van der Waals surface area contributed by atoms with E-state index in [9.17, 15) is 19.2 Å². The highest BCUT2D eigenvalue weighted by molar-refractivity contribution is 6.22. The number of nitrogens with one attached hydrogen (secondary N) is 1. The van der Waals surface area contributed by atoms with E-state index in [1.54, 1.807) is 24.3 Å². The van der Waals surface area contributed by atoms with Crippen LogP contribution in [-0.2, 0) is 9.59 Å². The molecule has 0 unspecified atom stereocenters. The first kappa shape index (κ1) is 20.5. The minimum absolute atomic E-state index is 0.0799. The van der Waals surface area contributed by atoms with Crippen LogP contribution in [0, 0.1) is 5.92 Å². The Morgan fingerprint density at radius 1 is 0.966 bits per heavy atom. The Bertz CT molecular complexity index is 888. The van der Waals surface area contributed by atoms with Crippen molar-refractivity contribution < 1.29 is 19.2 Å². The zero-order valence-electron chi connectivity index (χ0n) is 16.5. The molecule has 2 aromatic carbocycles. The van der Waals surface area contributed by atoms with Crippen molar-refractivity contribution >= 4 is 24.0 Å². The summed E-state index contributed by atoms with van der Waals surface area (Å²) in [7, 11) is 0. The molecule has 0 aliphatic carbocycles. The van der Waals surface area contributed by atoms with Crippen LogP contribution in [0.25, 0.3) is 0 Å². The van der Waals surface area contributed by atoms with Crippen LogP contribution in [0.5, 0.6) is 0 Å². The summed E-state index contributed by atoms with van der Waals surface area (Å²) in [5.41, 5.74) is 1.41. The summed E-state index contributed by atoms with van der Waals surface area (Å²) < 4.78 is 0. The lowest BCUT2D eigenvalue weighted by Crippen LogP contribution is -2.50. The number of nitrogens with zero attached hydrogens (tertiary/aromatic N) is 1. The van der Waals surface area contributed by atoms with Gasteiger partial charge >= 0.3 is 0 Å². The monoisotopic (exact) mass is 392 g/mol. The van der Waals surface area contributed by atoms with E-state index in [-0.39, 0.29) is 12.3 Å². The van der Waals surface area contributed by atoms with Gasteiger partial charge in [0, 0.05) is 6.42 Å². The van der Waals surface area contributed by atoms with E-state index < -0.39 is 29.8 Å². The fourth-order valence-electron chi connectivity index (χ4n) is 3.59. The Kier molecular flexibility index (Phi) is 6.22. The van der Waals surface area contributed by atoms with Gasteiger partial charge in [-0.05, 0) is 30.0 Å². The number of fused-ring (bicyclic) bond motifs is 1. The van der Waals surface area contributed by atoms with Crippen molar-refractivity contribution in [3.8, 4) is 0 Å². The molecule has 6 nitrogen and oxygen atoms in total. The molecule has 2 atom stereocenters. The van der Waals surface area contributed by atoms with Gasteiger partial charge in [-0.15, -0.1) is 0 Å². The van der Waals surface area contributed by atoms with Gasteiger partial charge < -0.3 is 10.1 Å². The maximum atomic E-state index is 13.2. The Hall–Kier alpha value is -3.28. The van der Waals surface area contributed by atoms with E-state index >= 15 is 0 Å². The van der Waals surface area contributed by atoms with Gasteiger partial charge in [-0.2, -0.15) is 0 Å². The molecule has 0 fully saturated rings. The summed E-state index contributed by atoms with van der Waals surface area (Å²) in [6.45, 7) is 3.86. The van der Waals surface area contributed by atoms with Gasteiger partial charge in [0.05, 0.1) is 17.2 Å². The first-order chi connectivity index (χ1) is 13.9. The van der Waals surface area contributed by atoms with Crippen LogP contribution in [0.15, 0.2) is 54.6 Å². The molecule has 1 aliphatic rings. The van der Waals surface area contributed by atoms with Crippen LogP contribution < -0.4 is 5.32 Å². The Morgan fingerprint density at radius 2 is 1.52 bits per heavy atom. The normalized spacial score (nSPS) is 15.2. The molecule has 1 N–H and O–H groups in total. The lowest BCUT2D eigenvalue weighted by atomic mass is 9.99. The van der Waals surface area contributed by atoms with Crippen molar-refractivity contribution in [1.82, 2.24) is 10.2 Å². The molecule has 0 aromatic heterocycles. The van der Waals surface area contributed by atoms with Crippen LogP contribution in [0.4, 0.5) is 0 Å². The van der Waals surface area contributed by atoms with E-state index in [0.717, 1.165) is 16.7 Å². The number of hydrogen-bond acceptors (Lipinski definition) is 4. The van der Waals surface area contributed by atoms with Gasteiger partial charge in [0.15, 0.2) is 0 Å². The van der Waals surface area contributed by atoms with Crippen LogP contribution in [-0.4, -0.2) is 34.9 Å². The van der Waals surface area contributed by atoms with Gasteiger partial charge in [-0.25, -0.2) is 0 Å². The van der Waals surface area contributed by atoms with Crippen molar-refractivity contribution in [3.05, 3.63) is 71.3 Å². The second-order valence-corrected chi connectivity index (χ2v) is 7.55. The maximum Gasteiger partial charge on any atom is 0.262 e. The third kappa shape index (κ3) is 4.26. The van der Waals surface area contributed by atoms with E-state index in [1.807, 2.05) is 44.2 Å². The number of aldehydes is 1. The van der Waals surface area contributed by atoms with Crippen molar-refractivity contribution in [3.63, 3.8) is 0 Å². The summed E-state index contributed by atoms with van der Waals surface area (Å²) >= 11 is 0. The molecular formula is C23H24N2O4. The Morgan fingerprint density at radius 3 is 2.03 bits per heavy atom. The van der Waals surface area contributed by atoms with Crippen molar-refractivity contribution in [2.45, 2.75) is 38.8 Å². The topological polar surface area (TPSA) is 83.6 Å². The quantitative estimate of drug-likeness (QED) is 0.553. The van der Waals surface area contributed by atoms with E-state index in [1.165, 1.54) is 0 Å². The molecule has 1 heterocycles. The molecule has 6 heteroatoms. The van der Waals surface area contributed by atoms with Crippen LogP contribution >= 0.6 is 0 Å². The highest BCUT2D eigenvalue weighted by atomic mass is 16.2. The molecule has 3 amide bonds. The number of rotatable bonds is 8. The first-order valence-corrected chi connectivity index (χ1v) is 9.70. The Balaban J connectivity index is 1.89. The summed E-state index contributed by atoms with van der Waals surface area (Å²) in [5.74, 6) is -1.28. The molecule has 1 aliphatic heterocycles. The third-order valence-electron chi connectivity index (χ3n) is 4.98. The van der Waals surface area contributed by atoms with Crippen LogP contribution in [0.3, 0.4) is 0 Å². The first-order valence-electron chi connectivity index (χ1n) is 9.70. The molecule has 0 radical (unpaired) electrons. The van der Waals surface area contributed by atoms with Gasteiger partial charge in [0.25, 0.3) is 11.8 Å². The predicted molar refractivity (Wildman–Crippen MR) is 108 cm³/mol. The molecule has 29 heavy (non-hydrogen) atoms. The fourth-order valence-corrected chi connectivity index (χ4v) is 3.59. The fraction of sp³-hybridized carbons (Fsp3) is 0.304. The van der Waals surface area contributed by atoms with Gasteiger partial charge in [0.1, 0.15) is 12.3 Å². The molecule has 0 saturated heterocycles. The molecular weight excluding hydrogens is 368 g/mol. The zero-order valence-corrected chi connectivity index (χ0v) is 16.5. The minimum atomic E-state index is -0.944. The number of carbonyl (C=O) groups excluding carboxylic acids is 4. The van der Waals surface area contributed by atoms with E-state index in [0.29, 0.717) is 17.5 Å². The highest BCUT2D eigenvalue weighted by Gasteiger charge is 2.43. The molecule has 150 valence electrons. The number of amides is 3. The summed E-state index contributed by atoms with van der Waals surface area (Å²) in [6, 6.07) is 14.3. The predicted octanol–water partition coefficient (Wildman–Crippen LogP) is 3.14. The smallest absolute Gasteiger partial charge is 0.262 e. The minimum Gasteiger partial charge on any atom is -0.347 e. The molecule has 0 saturated carbocycles. The summed E-state index contributed by atoms with van der Waals surface area (Å²) in [5, 5.41) is 2.87. The second kappa shape index (κ2) is 8.82. The van der Waals surface area contributed by atoms with Gasteiger partial charge in [-0.1, -0.05) is 56.3 Å². The van der Waals surface area contributed by atoms with Gasteiger partial charge in [0.2, 0.25) is 5.91 Å². The number of benzene rings is 2. The molecule has 0 bridgehead atoms. The van der Waals surface area contributed by atoms with E-state index in [2.05, 4.69) is 5.32 Å². The van der Waals surface area contributed by atoms with Crippen LogP contribution in [0.1, 0.15) is 59.0 Å². The molecule has 3 rings (SSSR count). The molecule has 2 aromatic rings. The lowest BCUT2D eigenvalue weighted by Gasteiger charge is -2.28. The number of carbonyl (C=O) groups is 4. The van der Waals surface area contributed by atoms with Crippen molar-refractivity contribution in [2.75, 3.05) is 0 Å². The van der Waals surface area contributed by atoms with Gasteiger partial charge in [-0.3, -0.25) is 19.3 Å². The average Bonchev–Trinajstić information content (AvgIpc) is 2.97. The summed E-state index contributed by atoms with van der Waals surface area (Å²) in [4.78, 5) is 51.2. The Labute approximate surface area is 169 Å². The maximum absolute atomic E-state index is 13.2. The van der Waals surface area contributed by atoms with Crippen molar-refractivity contribution in [2.24, 2.45) is 5.92 Å². The standard InChI is InChI=1S/C23H24N2O4/c1-15(2)14-20(25-22(28)17-10-6-7-11-18(17)23(25)29)21(27)24-19(12-13-26)16-8-4-3-5-9-16/h3-11,13,15,19-20H,12,14H2,1-2H3,(H,24,27)/t19-,20-/m1/s1. The van der Waals surface area contributed by atoms with Crippen molar-refractivity contribution in [1.29, 1.82) is 0 Å². The lowest BCUT2D eigenvalue weighted by molar-refractivity contribution is -0.126. The van der Waals surface area contributed by atoms with E-state index in [4.69, 9.17) is 0 Å². The molecule has 0 spiro atoms. The third-order valence-corrected chi connectivity index (χ3v) is 4.98. The summed E-state index contributed by atoms with van der Waals surface area (Å²) in [6.07, 6.45) is 1.18. The zero-order chi connectivity index (χ0) is 21.0. The van der Waals surface area contributed by atoms with Crippen LogP contribution in [0.2, 0.25) is 0 Å². The average molecular weight is 392 g/mol. The SMILES string of the molecule is CC(C)C[C@H](C(=O)N[C@H](CC=O)c1ccccc1)N1C(=O)c2ccccc2C1=O. The highest BCUT2D eigenvalue weighted by Crippen LogP contribution is 2.27. The number of hydrogen-bond donors (Lipinski definition) is 1. The number of imide groups is 1. The largest absolute Gasteiger partial charge is 0.347 e. The second-order valence-electron chi connectivity index (χ2n) is 7.55.